The number of aromatic carboxylic acids is 1. The van der Waals surface area contributed by atoms with Crippen LogP contribution in [-0.2, 0) is 0 Å². The van der Waals surface area contributed by atoms with Crippen molar-refractivity contribution in [2.45, 2.75) is 0 Å². The molecule has 4 N–H and O–H groups in total. The summed E-state index contributed by atoms with van der Waals surface area (Å²) in [5.41, 5.74) is 7.48. The van der Waals surface area contributed by atoms with Gasteiger partial charge in [0.1, 0.15) is 0 Å². The number of rotatable bonds is 3. The number of hydrogen-bond acceptors (Lipinski definition) is 3. The van der Waals surface area contributed by atoms with E-state index in [1.165, 1.54) is 18.2 Å². The number of benzene rings is 2. The molecule has 0 aromatic heterocycles. The van der Waals surface area contributed by atoms with E-state index in [1.807, 2.05) is 0 Å². The number of nitrogens with two attached hydrogens (primary N) is 1. The fraction of sp³-hybridized carbons (Fsp3) is 0. The lowest BCUT2D eigenvalue weighted by atomic mass is 10.1. The third-order valence-electron chi connectivity index (χ3n) is 2.44. The molecule has 0 atom stereocenters. The van der Waals surface area contributed by atoms with Gasteiger partial charge in [0.15, 0.2) is 0 Å². The van der Waals surface area contributed by atoms with Gasteiger partial charge in [-0.25, -0.2) is 4.79 Å². The van der Waals surface area contributed by atoms with E-state index < -0.39 is 5.97 Å². The van der Waals surface area contributed by atoms with Crippen molar-refractivity contribution in [1.29, 1.82) is 0 Å². The van der Waals surface area contributed by atoms with Gasteiger partial charge in [0.05, 0.1) is 16.9 Å². The summed E-state index contributed by atoms with van der Waals surface area (Å²) >= 11 is 11.8. The smallest absolute Gasteiger partial charge is 0.335 e. The molecule has 0 fully saturated rings. The molecule has 2 rings (SSSR count). The van der Waals surface area contributed by atoms with Gasteiger partial charge in [-0.15, -0.1) is 0 Å². The van der Waals surface area contributed by atoms with E-state index in [1.54, 1.807) is 18.2 Å². The predicted octanol–water partition coefficient (Wildman–Crippen LogP) is 4.02. The Kier molecular flexibility index (Phi) is 3.83. The lowest BCUT2D eigenvalue weighted by Crippen LogP contribution is -2.01. The second kappa shape index (κ2) is 5.38. The van der Waals surface area contributed by atoms with Crippen molar-refractivity contribution in [1.82, 2.24) is 0 Å². The van der Waals surface area contributed by atoms with Gasteiger partial charge in [0.25, 0.3) is 0 Å². The number of nitrogens with one attached hydrogen (secondary N) is 1. The van der Waals surface area contributed by atoms with Crippen molar-refractivity contribution in [3.8, 4) is 0 Å². The molecular weight excluding hydrogens is 287 g/mol. The molecule has 0 amide bonds. The average molecular weight is 297 g/mol. The van der Waals surface area contributed by atoms with Gasteiger partial charge in [-0.05, 0) is 36.4 Å². The topological polar surface area (TPSA) is 75.4 Å². The summed E-state index contributed by atoms with van der Waals surface area (Å²) in [6, 6.07) is 9.35. The molecule has 0 spiro atoms. The lowest BCUT2D eigenvalue weighted by molar-refractivity contribution is 0.0697. The van der Waals surface area contributed by atoms with Crippen LogP contribution in [0, 0.1) is 0 Å². The zero-order chi connectivity index (χ0) is 14.0. The Hall–Kier alpha value is -1.91. The molecule has 0 aliphatic carbocycles. The number of nitrogen functional groups attached to an aromatic ring is 1. The standard InChI is InChI=1S/C13H10Cl2N2O2/c14-8-4-9(15)6-10(5-8)17-12-3-7(13(18)19)1-2-11(12)16/h1-6,17H,16H2,(H,18,19). The quantitative estimate of drug-likeness (QED) is 0.748. The van der Waals surface area contributed by atoms with Crippen LogP contribution in [0.4, 0.5) is 17.1 Å². The van der Waals surface area contributed by atoms with Crippen LogP contribution < -0.4 is 11.1 Å². The normalized spacial score (nSPS) is 10.2. The summed E-state index contributed by atoms with van der Waals surface area (Å²) in [6.45, 7) is 0. The van der Waals surface area contributed by atoms with Gasteiger partial charge in [-0.2, -0.15) is 0 Å². The molecule has 6 heteroatoms. The van der Waals surface area contributed by atoms with Crippen LogP contribution in [-0.4, -0.2) is 11.1 Å². The Labute approximate surface area is 119 Å². The van der Waals surface area contributed by atoms with Gasteiger partial charge >= 0.3 is 5.97 Å². The van der Waals surface area contributed by atoms with Crippen LogP contribution in [0.1, 0.15) is 10.4 Å². The van der Waals surface area contributed by atoms with Crippen LogP contribution in [0.15, 0.2) is 36.4 Å². The minimum absolute atomic E-state index is 0.143. The van der Waals surface area contributed by atoms with Crippen molar-refractivity contribution in [2.75, 3.05) is 11.1 Å². The van der Waals surface area contributed by atoms with Gasteiger partial charge in [-0.3, -0.25) is 0 Å². The summed E-state index contributed by atoms with van der Waals surface area (Å²) in [7, 11) is 0. The van der Waals surface area contributed by atoms with Gasteiger partial charge in [0, 0.05) is 15.7 Å². The fourth-order valence-corrected chi connectivity index (χ4v) is 2.11. The lowest BCUT2D eigenvalue weighted by Gasteiger charge is -2.11. The number of hydrogen-bond donors (Lipinski definition) is 3. The Morgan fingerprint density at radius 1 is 1.11 bits per heavy atom. The Balaban J connectivity index is 2.37. The number of carboxylic acids is 1. The largest absolute Gasteiger partial charge is 0.478 e. The molecule has 2 aromatic carbocycles. The van der Waals surface area contributed by atoms with E-state index >= 15 is 0 Å². The highest BCUT2D eigenvalue weighted by Gasteiger charge is 2.07. The maximum absolute atomic E-state index is 10.9. The maximum atomic E-state index is 10.9. The van der Waals surface area contributed by atoms with E-state index in [2.05, 4.69) is 5.32 Å². The molecule has 98 valence electrons. The van der Waals surface area contributed by atoms with Crippen molar-refractivity contribution in [2.24, 2.45) is 0 Å². The summed E-state index contributed by atoms with van der Waals surface area (Å²) in [4.78, 5) is 10.9. The molecule has 0 heterocycles. The Morgan fingerprint density at radius 2 is 1.74 bits per heavy atom. The Morgan fingerprint density at radius 3 is 2.32 bits per heavy atom. The highest BCUT2D eigenvalue weighted by molar-refractivity contribution is 6.35. The molecule has 0 unspecified atom stereocenters. The van der Waals surface area contributed by atoms with Crippen LogP contribution >= 0.6 is 23.2 Å². The second-order valence-corrected chi connectivity index (χ2v) is 4.76. The SMILES string of the molecule is Nc1ccc(C(=O)O)cc1Nc1cc(Cl)cc(Cl)c1. The zero-order valence-corrected chi connectivity index (χ0v) is 11.2. The highest BCUT2D eigenvalue weighted by atomic mass is 35.5. The summed E-state index contributed by atoms with van der Waals surface area (Å²) in [5, 5.41) is 12.9. The first-order valence-corrected chi connectivity index (χ1v) is 6.07. The molecule has 0 aliphatic heterocycles. The molecule has 4 nitrogen and oxygen atoms in total. The van der Waals surface area contributed by atoms with Crippen LogP contribution in [0.25, 0.3) is 0 Å². The van der Waals surface area contributed by atoms with E-state index in [4.69, 9.17) is 34.0 Å². The number of halogens is 2. The van der Waals surface area contributed by atoms with Crippen LogP contribution in [0.2, 0.25) is 10.0 Å². The third kappa shape index (κ3) is 3.30. The first-order valence-electron chi connectivity index (χ1n) is 5.31. The monoisotopic (exact) mass is 296 g/mol. The third-order valence-corrected chi connectivity index (χ3v) is 2.88. The minimum atomic E-state index is -1.02. The molecule has 0 saturated carbocycles. The molecule has 19 heavy (non-hydrogen) atoms. The van der Waals surface area contributed by atoms with Crippen molar-refractivity contribution in [3.05, 3.63) is 52.0 Å². The first kappa shape index (κ1) is 13.5. The van der Waals surface area contributed by atoms with Crippen LogP contribution in [0.3, 0.4) is 0 Å². The fourth-order valence-electron chi connectivity index (χ4n) is 1.58. The van der Waals surface area contributed by atoms with Gasteiger partial charge in [-0.1, -0.05) is 23.2 Å². The molecule has 0 saturated heterocycles. The van der Waals surface area contributed by atoms with Gasteiger partial charge in [0.2, 0.25) is 0 Å². The van der Waals surface area contributed by atoms with Crippen molar-refractivity contribution >= 4 is 46.2 Å². The van der Waals surface area contributed by atoms with E-state index in [9.17, 15) is 4.79 Å². The molecule has 2 aromatic rings. The summed E-state index contributed by atoms with van der Waals surface area (Å²) in [6.07, 6.45) is 0. The van der Waals surface area contributed by atoms with E-state index in [0.717, 1.165) is 0 Å². The summed E-state index contributed by atoms with van der Waals surface area (Å²) in [5.74, 6) is -1.02. The second-order valence-electron chi connectivity index (χ2n) is 3.89. The average Bonchev–Trinajstić information content (AvgIpc) is 2.30. The maximum Gasteiger partial charge on any atom is 0.335 e. The van der Waals surface area contributed by atoms with Gasteiger partial charge < -0.3 is 16.2 Å². The van der Waals surface area contributed by atoms with E-state index in [-0.39, 0.29) is 5.56 Å². The molecular formula is C13H10Cl2N2O2. The van der Waals surface area contributed by atoms with Crippen LogP contribution in [0.5, 0.6) is 0 Å². The number of anilines is 3. The van der Waals surface area contributed by atoms with E-state index in [0.29, 0.717) is 27.1 Å². The molecule has 0 bridgehead atoms. The molecule has 0 aliphatic rings. The first-order chi connectivity index (χ1) is 8.95. The van der Waals surface area contributed by atoms with Crippen molar-refractivity contribution < 1.29 is 9.90 Å². The number of carboxylic acid groups (broad SMARTS) is 1. The molecule has 0 radical (unpaired) electrons. The minimum Gasteiger partial charge on any atom is -0.478 e. The number of carbonyl (C=O) groups is 1. The summed E-state index contributed by atoms with van der Waals surface area (Å²) < 4.78 is 0. The predicted molar refractivity (Wildman–Crippen MR) is 77.6 cm³/mol. The highest BCUT2D eigenvalue weighted by Crippen LogP contribution is 2.28. The Bertz CT molecular complexity index is 624. The zero-order valence-electron chi connectivity index (χ0n) is 9.65. The van der Waals surface area contributed by atoms with Crippen molar-refractivity contribution in [3.63, 3.8) is 0 Å².